The molecule has 0 atom stereocenters. The lowest BCUT2D eigenvalue weighted by molar-refractivity contribution is -0.147. The number of likely N-dealkylation sites (tertiary alicyclic amines) is 1. The third-order valence-electron chi connectivity index (χ3n) is 7.02. The van der Waals surface area contributed by atoms with Crippen LogP contribution in [0.25, 0.3) is 21.8 Å². The van der Waals surface area contributed by atoms with E-state index in [2.05, 4.69) is 4.98 Å². The van der Waals surface area contributed by atoms with Crippen LogP contribution < -0.4 is 4.74 Å². The Morgan fingerprint density at radius 3 is 2.29 bits per heavy atom. The Bertz CT molecular complexity index is 1620. The zero-order chi connectivity index (χ0) is 26.3. The number of piperidine rings is 1. The Balaban J connectivity index is 1.28. The van der Waals surface area contributed by atoms with E-state index in [4.69, 9.17) is 4.74 Å². The van der Waals surface area contributed by atoms with Gasteiger partial charge in [-0.05, 0) is 60.0 Å². The molecule has 0 unspecified atom stereocenters. The zero-order valence-corrected chi connectivity index (χ0v) is 20.4. The lowest BCUT2D eigenvalue weighted by Crippen LogP contribution is -2.39. The zero-order valence-electron chi connectivity index (χ0n) is 20.4. The van der Waals surface area contributed by atoms with Crippen LogP contribution in [0.15, 0.2) is 91.0 Å². The first-order valence-corrected chi connectivity index (χ1v) is 12.5. The van der Waals surface area contributed by atoms with Crippen LogP contribution >= 0.6 is 0 Å². The van der Waals surface area contributed by atoms with E-state index in [0.717, 1.165) is 10.8 Å². The number of fused-ring (bicyclic) bond motifs is 2. The highest BCUT2D eigenvalue weighted by molar-refractivity contribution is 5.98. The molecule has 2 heterocycles. The van der Waals surface area contributed by atoms with Crippen molar-refractivity contribution >= 4 is 27.7 Å². The van der Waals surface area contributed by atoms with Gasteiger partial charge in [0.05, 0.1) is 5.52 Å². The van der Waals surface area contributed by atoms with Crippen molar-refractivity contribution in [2.24, 2.45) is 0 Å². The Morgan fingerprint density at radius 2 is 1.55 bits per heavy atom. The van der Waals surface area contributed by atoms with E-state index in [1.807, 2.05) is 42.5 Å². The number of benzene rings is 4. The maximum atomic E-state index is 14.2. The van der Waals surface area contributed by atoms with Crippen molar-refractivity contribution in [2.45, 2.75) is 25.1 Å². The molecule has 0 bridgehead atoms. The largest absolute Gasteiger partial charge is 0.455 e. The minimum Gasteiger partial charge on any atom is -0.455 e. The monoisotopic (exact) mass is 515 g/mol. The van der Waals surface area contributed by atoms with Crippen molar-refractivity contribution in [3.63, 3.8) is 0 Å². The number of halogens is 3. The summed E-state index contributed by atoms with van der Waals surface area (Å²) in [6.45, 7) is 0.709. The molecule has 0 aliphatic carbocycles. The Hall–Kier alpha value is -4.33. The number of aromatic nitrogens is 2. The van der Waals surface area contributed by atoms with Crippen LogP contribution in [0, 0.1) is 0 Å². The molecule has 1 fully saturated rings. The molecule has 1 saturated heterocycles. The number of ether oxygens (including phenoxy) is 1. The lowest BCUT2D eigenvalue weighted by atomic mass is 10.0. The van der Waals surface area contributed by atoms with E-state index < -0.39 is 18.0 Å². The van der Waals surface area contributed by atoms with Gasteiger partial charge in [-0.3, -0.25) is 4.79 Å². The van der Waals surface area contributed by atoms with Gasteiger partial charge in [-0.1, -0.05) is 54.6 Å². The summed E-state index contributed by atoms with van der Waals surface area (Å²) in [5.41, 5.74) is 1.11. The van der Waals surface area contributed by atoms with Crippen LogP contribution in [0.4, 0.5) is 13.2 Å². The number of carbonyl (C=O) groups excluding carboxylic acids is 1. The summed E-state index contributed by atoms with van der Waals surface area (Å²) in [4.78, 5) is 18.9. The molecule has 0 radical (unpaired) electrons. The Morgan fingerprint density at radius 1 is 0.842 bits per heavy atom. The van der Waals surface area contributed by atoms with Gasteiger partial charge in [0.25, 0.3) is 5.91 Å². The number of nitrogens with zero attached hydrogens (tertiary/aromatic N) is 3. The van der Waals surface area contributed by atoms with Gasteiger partial charge in [0.15, 0.2) is 5.75 Å². The van der Waals surface area contributed by atoms with Crippen molar-refractivity contribution in [1.82, 2.24) is 14.5 Å². The smallest absolute Gasteiger partial charge is 0.449 e. The summed E-state index contributed by atoms with van der Waals surface area (Å²) in [6.07, 6.45) is -3.86. The SMILES string of the molecule is O=C(c1ccc2ccccc2c1)N1CCC(n2c(C(F)(F)F)nc3c(Oc4ccccc4)cccc32)CC1. The number of amides is 1. The predicted octanol–water partition coefficient (Wildman–Crippen LogP) is 7.48. The van der Waals surface area contributed by atoms with Crippen molar-refractivity contribution in [3.8, 4) is 11.5 Å². The second kappa shape index (κ2) is 9.52. The van der Waals surface area contributed by atoms with Crippen molar-refractivity contribution in [1.29, 1.82) is 0 Å². The molecule has 192 valence electrons. The average molecular weight is 516 g/mol. The molecular formula is C30H24F3N3O2. The van der Waals surface area contributed by atoms with Gasteiger partial charge < -0.3 is 14.2 Å². The highest BCUT2D eigenvalue weighted by Crippen LogP contribution is 2.40. The second-order valence-electron chi connectivity index (χ2n) is 9.43. The summed E-state index contributed by atoms with van der Waals surface area (Å²) < 4.78 is 49.7. The predicted molar refractivity (Wildman–Crippen MR) is 139 cm³/mol. The second-order valence-corrected chi connectivity index (χ2v) is 9.43. The topological polar surface area (TPSA) is 47.4 Å². The number of alkyl halides is 3. The number of para-hydroxylation sites is 2. The molecule has 38 heavy (non-hydrogen) atoms. The number of rotatable bonds is 4. The third-order valence-corrected chi connectivity index (χ3v) is 7.02. The molecule has 6 rings (SSSR count). The van der Waals surface area contributed by atoms with Gasteiger partial charge in [0.1, 0.15) is 11.3 Å². The molecule has 1 aliphatic heterocycles. The van der Waals surface area contributed by atoms with Gasteiger partial charge in [0, 0.05) is 24.7 Å². The molecule has 1 aliphatic rings. The fourth-order valence-electron chi connectivity index (χ4n) is 5.19. The fourth-order valence-corrected chi connectivity index (χ4v) is 5.19. The van der Waals surface area contributed by atoms with Gasteiger partial charge >= 0.3 is 6.18 Å². The van der Waals surface area contributed by atoms with Crippen molar-refractivity contribution in [3.05, 3.63) is 102 Å². The summed E-state index contributed by atoms with van der Waals surface area (Å²) in [7, 11) is 0. The molecule has 4 aromatic carbocycles. The number of carbonyl (C=O) groups is 1. The molecule has 5 nitrogen and oxygen atoms in total. The Kier molecular flexibility index (Phi) is 6.02. The third kappa shape index (κ3) is 4.47. The van der Waals surface area contributed by atoms with Crippen LogP contribution in [0.1, 0.15) is 35.1 Å². The summed E-state index contributed by atoms with van der Waals surface area (Å²) in [6, 6.07) is 26.8. The van der Waals surface area contributed by atoms with Gasteiger partial charge in [0.2, 0.25) is 5.82 Å². The maximum absolute atomic E-state index is 14.2. The van der Waals surface area contributed by atoms with E-state index in [1.165, 1.54) is 4.57 Å². The molecule has 1 amide bonds. The van der Waals surface area contributed by atoms with Crippen LogP contribution in [-0.2, 0) is 6.18 Å². The first-order chi connectivity index (χ1) is 18.4. The molecule has 5 aromatic rings. The first kappa shape index (κ1) is 24.0. The minimum atomic E-state index is -4.64. The normalized spacial score (nSPS) is 14.8. The standard InChI is InChI=1S/C30H24F3N3O2/c31-30(32,33)29-34-27-25(11-6-12-26(27)38-24-9-2-1-3-10-24)36(29)23-15-17-35(18-16-23)28(37)22-14-13-20-7-4-5-8-21(20)19-22/h1-14,19,23H,15-18H2. The highest BCUT2D eigenvalue weighted by atomic mass is 19.4. The van der Waals surface area contributed by atoms with Crippen LogP contribution in [-0.4, -0.2) is 33.4 Å². The summed E-state index contributed by atoms with van der Waals surface area (Å²) >= 11 is 0. The van der Waals surface area contributed by atoms with E-state index in [9.17, 15) is 18.0 Å². The summed E-state index contributed by atoms with van der Waals surface area (Å²) in [5, 5.41) is 2.02. The summed E-state index contributed by atoms with van der Waals surface area (Å²) in [5.74, 6) is -0.277. The van der Waals surface area contributed by atoms with E-state index in [0.29, 0.717) is 42.8 Å². The molecular weight excluding hydrogens is 491 g/mol. The fraction of sp³-hybridized carbons (Fsp3) is 0.200. The van der Waals surface area contributed by atoms with Crippen LogP contribution in [0.3, 0.4) is 0 Å². The van der Waals surface area contributed by atoms with Gasteiger partial charge in [-0.2, -0.15) is 13.2 Å². The van der Waals surface area contributed by atoms with Gasteiger partial charge in [-0.15, -0.1) is 0 Å². The van der Waals surface area contributed by atoms with E-state index in [-0.39, 0.29) is 17.2 Å². The van der Waals surface area contributed by atoms with Crippen LogP contribution in [0.5, 0.6) is 11.5 Å². The molecule has 1 aromatic heterocycles. The van der Waals surface area contributed by atoms with Gasteiger partial charge in [-0.25, -0.2) is 4.98 Å². The molecule has 0 N–H and O–H groups in total. The molecule has 8 heteroatoms. The maximum Gasteiger partial charge on any atom is 0.449 e. The Labute approximate surface area is 217 Å². The minimum absolute atomic E-state index is 0.112. The van der Waals surface area contributed by atoms with Crippen molar-refractivity contribution in [2.75, 3.05) is 13.1 Å². The van der Waals surface area contributed by atoms with Crippen LogP contribution in [0.2, 0.25) is 0 Å². The first-order valence-electron chi connectivity index (χ1n) is 12.5. The quantitative estimate of drug-likeness (QED) is 0.249. The van der Waals surface area contributed by atoms with E-state index in [1.54, 1.807) is 53.4 Å². The average Bonchev–Trinajstić information content (AvgIpc) is 3.35. The molecule has 0 spiro atoms. The van der Waals surface area contributed by atoms with E-state index >= 15 is 0 Å². The molecule has 0 saturated carbocycles. The highest BCUT2D eigenvalue weighted by Gasteiger charge is 2.40. The lowest BCUT2D eigenvalue weighted by Gasteiger charge is -2.34. The number of hydrogen-bond acceptors (Lipinski definition) is 3. The number of imidazole rings is 1. The number of hydrogen-bond donors (Lipinski definition) is 0. The van der Waals surface area contributed by atoms with Crippen molar-refractivity contribution < 1.29 is 22.7 Å².